The molecule has 2 aromatic carbocycles. The molecule has 0 radical (unpaired) electrons. The average Bonchev–Trinajstić information content (AvgIpc) is 3.39. The predicted molar refractivity (Wildman–Crippen MR) is 121 cm³/mol. The maximum Gasteiger partial charge on any atom is 0.471 e. The lowest BCUT2D eigenvalue weighted by molar-refractivity contribution is -0.184. The van der Waals surface area contributed by atoms with E-state index in [1.54, 1.807) is 67.4 Å². The lowest BCUT2D eigenvalue weighted by Gasteiger charge is -2.18. The summed E-state index contributed by atoms with van der Waals surface area (Å²) in [6, 6.07) is 16.0. The van der Waals surface area contributed by atoms with Crippen LogP contribution in [0.2, 0.25) is 0 Å². The van der Waals surface area contributed by atoms with Gasteiger partial charge in [-0.15, -0.1) is 0 Å². The molecule has 1 aliphatic rings. The van der Waals surface area contributed by atoms with Gasteiger partial charge in [0.15, 0.2) is 5.69 Å². The molecule has 1 amide bonds. The van der Waals surface area contributed by atoms with Crippen molar-refractivity contribution >= 4 is 17.8 Å². The fourth-order valence-electron chi connectivity index (χ4n) is 4.22. The van der Waals surface area contributed by atoms with Crippen LogP contribution in [0.5, 0.6) is 5.75 Å². The van der Waals surface area contributed by atoms with Crippen molar-refractivity contribution in [1.29, 1.82) is 0 Å². The lowest BCUT2D eigenvalue weighted by Crippen LogP contribution is -2.39. The Morgan fingerprint density at radius 1 is 1.12 bits per heavy atom. The molecule has 0 saturated carbocycles. The van der Waals surface area contributed by atoms with E-state index in [4.69, 9.17) is 4.74 Å². The van der Waals surface area contributed by atoms with Gasteiger partial charge in [0.25, 0.3) is 5.56 Å². The number of para-hydroxylation sites is 1. The standard InChI is InChI=1S/C24H23F3N4O3/c1-29-21(17-12-13-30(15-17)23(33)24(25,26)27)20(22(32)31(29)18-6-4-3-5-7-18)28-14-16-8-10-19(34-2)11-9-16/h3-11,14,17H,12-13,15H2,1-2H3. The number of hydrogen-bond donors (Lipinski definition) is 0. The quantitative estimate of drug-likeness (QED) is 0.531. The molecule has 1 aromatic heterocycles. The molecule has 34 heavy (non-hydrogen) atoms. The Hall–Kier alpha value is -3.82. The number of amides is 1. The summed E-state index contributed by atoms with van der Waals surface area (Å²) >= 11 is 0. The zero-order chi connectivity index (χ0) is 24.5. The van der Waals surface area contributed by atoms with Crippen molar-refractivity contribution in [3.8, 4) is 11.4 Å². The summed E-state index contributed by atoms with van der Waals surface area (Å²) in [7, 11) is 3.23. The second-order valence-corrected chi connectivity index (χ2v) is 7.98. The molecule has 7 nitrogen and oxygen atoms in total. The number of aromatic nitrogens is 2. The summed E-state index contributed by atoms with van der Waals surface area (Å²) in [5, 5.41) is 0. The summed E-state index contributed by atoms with van der Waals surface area (Å²) in [6.07, 6.45) is -3.12. The van der Waals surface area contributed by atoms with E-state index in [2.05, 4.69) is 4.99 Å². The van der Waals surface area contributed by atoms with Gasteiger partial charge in [0, 0.05) is 32.3 Å². The molecule has 4 rings (SSSR count). The van der Waals surface area contributed by atoms with E-state index in [0.29, 0.717) is 23.6 Å². The first kappa shape index (κ1) is 23.3. The number of nitrogens with zero attached hydrogens (tertiary/aromatic N) is 4. The Labute approximate surface area is 193 Å². The van der Waals surface area contributed by atoms with Crippen molar-refractivity contribution < 1.29 is 22.7 Å². The zero-order valence-corrected chi connectivity index (χ0v) is 18.6. The van der Waals surface area contributed by atoms with Gasteiger partial charge in [0.1, 0.15) is 5.75 Å². The van der Waals surface area contributed by atoms with Gasteiger partial charge in [-0.2, -0.15) is 13.2 Å². The zero-order valence-electron chi connectivity index (χ0n) is 18.6. The summed E-state index contributed by atoms with van der Waals surface area (Å²) < 4.78 is 47.1. The third kappa shape index (κ3) is 4.48. The van der Waals surface area contributed by atoms with E-state index in [0.717, 1.165) is 10.5 Å². The number of carbonyl (C=O) groups excluding carboxylic acids is 1. The third-order valence-electron chi connectivity index (χ3n) is 5.85. The molecule has 0 N–H and O–H groups in total. The molecular formula is C24H23F3N4O3. The number of hydrogen-bond acceptors (Lipinski definition) is 4. The fourth-order valence-corrected chi connectivity index (χ4v) is 4.22. The molecule has 1 atom stereocenters. The third-order valence-corrected chi connectivity index (χ3v) is 5.85. The van der Waals surface area contributed by atoms with Gasteiger partial charge in [-0.05, 0) is 48.4 Å². The van der Waals surface area contributed by atoms with Crippen molar-refractivity contribution in [3.63, 3.8) is 0 Å². The number of halogens is 3. The molecule has 0 aliphatic carbocycles. The first-order valence-corrected chi connectivity index (χ1v) is 10.6. The van der Waals surface area contributed by atoms with Gasteiger partial charge < -0.3 is 9.64 Å². The monoisotopic (exact) mass is 472 g/mol. The highest BCUT2D eigenvalue weighted by atomic mass is 19.4. The van der Waals surface area contributed by atoms with Gasteiger partial charge in [0.2, 0.25) is 0 Å². The molecule has 1 saturated heterocycles. The van der Waals surface area contributed by atoms with Crippen molar-refractivity contribution in [2.75, 3.05) is 20.2 Å². The number of likely N-dealkylation sites (tertiary alicyclic amines) is 1. The topological polar surface area (TPSA) is 68.8 Å². The van der Waals surface area contributed by atoms with Gasteiger partial charge >= 0.3 is 12.1 Å². The van der Waals surface area contributed by atoms with Crippen LogP contribution in [0.4, 0.5) is 18.9 Å². The SMILES string of the molecule is COc1ccc(C=Nc2c(C3CCN(C(=O)C(F)(F)F)C3)n(C)n(-c3ccccc3)c2=O)cc1. The molecule has 178 valence electrons. The largest absolute Gasteiger partial charge is 0.497 e. The minimum absolute atomic E-state index is 0.0463. The Bertz CT molecular complexity index is 1260. The Balaban J connectivity index is 1.76. The van der Waals surface area contributed by atoms with Crippen molar-refractivity contribution in [1.82, 2.24) is 14.3 Å². The van der Waals surface area contributed by atoms with Crippen LogP contribution in [-0.2, 0) is 11.8 Å². The number of benzene rings is 2. The van der Waals surface area contributed by atoms with Crippen LogP contribution in [0.15, 0.2) is 64.4 Å². The summed E-state index contributed by atoms with van der Waals surface area (Å²) in [6.45, 7) is -0.190. The normalized spacial score (nSPS) is 16.4. The van der Waals surface area contributed by atoms with Crippen LogP contribution < -0.4 is 10.3 Å². The van der Waals surface area contributed by atoms with Crippen LogP contribution >= 0.6 is 0 Å². The highest BCUT2D eigenvalue weighted by molar-refractivity contribution is 5.83. The molecule has 0 bridgehead atoms. The molecule has 0 spiro atoms. The molecule has 1 unspecified atom stereocenters. The van der Waals surface area contributed by atoms with Gasteiger partial charge in [-0.1, -0.05) is 18.2 Å². The number of carbonyl (C=O) groups is 1. The molecule has 1 fully saturated rings. The molecule has 1 aliphatic heterocycles. The smallest absolute Gasteiger partial charge is 0.471 e. The van der Waals surface area contributed by atoms with Crippen molar-refractivity contribution in [2.24, 2.45) is 12.0 Å². The fraction of sp³-hybridized carbons (Fsp3) is 0.292. The second kappa shape index (κ2) is 9.20. The Kier molecular flexibility index (Phi) is 6.32. The van der Waals surface area contributed by atoms with E-state index in [1.165, 1.54) is 10.9 Å². The highest BCUT2D eigenvalue weighted by Crippen LogP contribution is 2.34. The Morgan fingerprint density at radius 3 is 2.41 bits per heavy atom. The number of rotatable bonds is 5. The lowest BCUT2D eigenvalue weighted by atomic mass is 10.0. The number of ether oxygens (including phenoxy) is 1. The van der Waals surface area contributed by atoms with E-state index >= 15 is 0 Å². The Morgan fingerprint density at radius 2 is 1.79 bits per heavy atom. The molecular weight excluding hydrogens is 449 g/mol. The summed E-state index contributed by atoms with van der Waals surface area (Å²) in [4.78, 5) is 30.4. The minimum atomic E-state index is -4.94. The van der Waals surface area contributed by atoms with Crippen LogP contribution in [-0.4, -0.2) is 52.8 Å². The van der Waals surface area contributed by atoms with Crippen LogP contribution in [0.25, 0.3) is 5.69 Å². The van der Waals surface area contributed by atoms with E-state index in [-0.39, 0.29) is 18.8 Å². The van der Waals surface area contributed by atoms with Gasteiger partial charge in [-0.3, -0.25) is 14.3 Å². The van der Waals surface area contributed by atoms with Gasteiger partial charge in [0.05, 0.1) is 18.5 Å². The van der Waals surface area contributed by atoms with Crippen molar-refractivity contribution in [2.45, 2.75) is 18.5 Å². The number of alkyl halides is 3. The van der Waals surface area contributed by atoms with E-state index in [9.17, 15) is 22.8 Å². The maximum atomic E-state index is 13.4. The van der Waals surface area contributed by atoms with E-state index in [1.807, 2.05) is 6.07 Å². The second-order valence-electron chi connectivity index (χ2n) is 7.98. The average molecular weight is 472 g/mol. The van der Waals surface area contributed by atoms with Gasteiger partial charge in [-0.25, -0.2) is 9.67 Å². The summed E-state index contributed by atoms with van der Waals surface area (Å²) in [5.41, 5.74) is 1.54. The minimum Gasteiger partial charge on any atom is -0.497 e. The van der Waals surface area contributed by atoms with Crippen LogP contribution in [0.1, 0.15) is 23.6 Å². The molecule has 10 heteroatoms. The first-order chi connectivity index (χ1) is 16.2. The molecule has 3 aromatic rings. The highest BCUT2D eigenvalue weighted by Gasteiger charge is 2.45. The summed E-state index contributed by atoms with van der Waals surface area (Å²) in [5.74, 6) is -1.67. The number of methoxy groups -OCH3 is 1. The van der Waals surface area contributed by atoms with Crippen molar-refractivity contribution in [3.05, 3.63) is 76.2 Å². The first-order valence-electron chi connectivity index (χ1n) is 10.6. The van der Waals surface area contributed by atoms with Crippen LogP contribution in [0.3, 0.4) is 0 Å². The van der Waals surface area contributed by atoms with Crippen LogP contribution in [0, 0.1) is 0 Å². The maximum absolute atomic E-state index is 13.4. The predicted octanol–water partition coefficient (Wildman–Crippen LogP) is 3.81. The molecule has 2 heterocycles. The number of aliphatic imine (C=N–C) groups is 1. The van der Waals surface area contributed by atoms with E-state index < -0.39 is 23.6 Å².